The number of allylic oxidation sites excluding steroid dienone is 1. The van der Waals surface area contributed by atoms with Crippen molar-refractivity contribution < 1.29 is 14.3 Å². The van der Waals surface area contributed by atoms with Crippen molar-refractivity contribution >= 4 is 5.91 Å². The third-order valence-corrected chi connectivity index (χ3v) is 3.85. The van der Waals surface area contributed by atoms with Gasteiger partial charge in [0.1, 0.15) is 11.5 Å². The van der Waals surface area contributed by atoms with E-state index in [1.54, 1.807) is 20.1 Å². The van der Waals surface area contributed by atoms with Crippen LogP contribution in [0.2, 0.25) is 0 Å². The van der Waals surface area contributed by atoms with Crippen LogP contribution >= 0.6 is 0 Å². The van der Waals surface area contributed by atoms with E-state index >= 15 is 0 Å². The molecule has 4 nitrogen and oxygen atoms in total. The summed E-state index contributed by atoms with van der Waals surface area (Å²) in [5.74, 6) is 1.27. The van der Waals surface area contributed by atoms with Gasteiger partial charge in [0, 0.05) is 12.6 Å². The van der Waals surface area contributed by atoms with Crippen LogP contribution in [0.5, 0.6) is 11.5 Å². The SMILES string of the molecule is COc1cccc(O[C@@H](C)C(=O)NCCC2=CCCCC2)c1. The third-order valence-electron chi connectivity index (χ3n) is 3.85. The predicted molar refractivity (Wildman–Crippen MR) is 87.3 cm³/mol. The molecule has 4 heteroatoms. The third kappa shape index (κ3) is 5.10. The molecule has 1 aromatic rings. The number of hydrogen-bond acceptors (Lipinski definition) is 3. The first-order valence-electron chi connectivity index (χ1n) is 7.95. The van der Waals surface area contributed by atoms with Crippen LogP contribution in [0.25, 0.3) is 0 Å². The lowest BCUT2D eigenvalue weighted by Crippen LogP contribution is -2.36. The van der Waals surface area contributed by atoms with Gasteiger partial charge in [0.05, 0.1) is 7.11 Å². The van der Waals surface area contributed by atoms with Crippen LogP contribution < -0.4 is 14.8 Å². The number of amides is 1. The molecule has 0 heterocycles. The number of carbonyl (C=O) groups is 1. The molecule has 0 spiro atoms. The fourth-order valence-corrected chi connectivity index (χ4v) is 2.55. The van der Waals surface area contributed by atoms with Crippen LogP contribution in [0.1, 0.15) is 39.0 Å². The summed E-state index contributed by atoms with van der Waals surface area (Å²) < 4.78 is 10.8. The van der Waals surface area contributed by atoms with Gasteiger partial charge in [-0.15, -0.1) is 0 Å². The van der Waals surface area contributed by atoms with E-state index in [0.717, 1.165) is 6.42 Å². The lowest BCUT2D eigenvalue weighted by Gasteiger charge is -2.16. The highest BCUT2D eigenvalue weighted by Crippen LogP contribution is 2.20. The standard InChI is InChI=1S/C18H25NO3/c1-14(22-17-10-6-9-16(13-17)21-2)18(20)19-12-11-15-7-4-3-5-8-15/h6-7,9-10,13-14H,3-5,8,11-12H2,1-2H3,(H,19,20)/t14-/m0/s1. The highest BCUT2D eigenvalue weighted by molar-refractivity contribution is 5.80. The first-order valence-corrected chi connectivity index (χ1v) is 7.95. The second-order valence-corrected chi connectivity index (χ2v) is 5.59. The van der Waals surface area contributed by atoms with Gasteiger partial charge < -0.3 is 14.8 Å². The summed E-state index contributed by atoms with van der Waals surface area (Å²) in [5.41, 5.74) is 1.47. The molecule has 1 atom stereocenters. The van der Waals surface area contributed by atoms with E-state index in [2.05, 4.69) is 11.4 Å². The van der Waals surface area contributed by atoms with Crippen LogP contribution in [0, 0.1) is 0 Å². The second-order valence-electron chi connectivity index (χ2n) is 5.59. The monoisotopic (exact) mass is 303 g/mol. The van der Waals surface area contributed by atoms with Gasteiger partial charge in [-0.3, -0.25) is 4.79 Å². The van der Waals surface area contributed by atoms with Gasteiger partial charge in [-0.05, 0) is 51.2 Å². The van der Waals surface area contributed by atoms with Gasteiger partial charge in [0.15, 0.2) is 6.10 Å². The summed E-state index contributed by atoms with van der Waals surface area (Å²) in [4.78, 5) is 12.1. The van der Waals surface area contributed by atoms with Crippen molar-refractivity contribution in [2.45, 2.75) is 45.1 Å². The summed E-state index contributed by atoms with van der Waals surface area (Å²) in [7, 11) is 1.61. The van der Waals surface area contributed by atoms with Crippen molar-refractivity contribution in [2.24, 2.45) is 0 Å². The molecule has 0 radical (unpaired) electrons. The lowest BCUT2D eigenvalue weighted by atomic mass is 9.97. The fourth-order valence-electron chi connectivity index (χ4n) is 2.55. The van der Waals surface area contributed by atoms with E-state index in [-0.39, 0.29) is 5.91 Å². The largest absolute Gasteiger partial charge is 0.497 e. The Morgan fingerprint density at radius 1 is 1.32 bits per heavy atom. The maximum Gasteiger partial charge on any atom is 0.260 e. The normalized spacial score (nSPS) is 15.6. The van der Waals surface area contributed by atoms with Crippen molar-refractivity contribution in [3.63, 3.8) is 0 Å². The first kappa shape index (κ1) is 16.4. The number of nitrogens with one attached hydrogen (secondary N) is 1. The molecule has 22 heavy (non-hydrogen) atoms. The molecule has 0 bridgehead atoms. The molecule has 1 aromatic carbocycles. The average molecular weight is 303 g/mol. The van der Waals surface area contributed by atoms with E-state index in [9.17, 15) is 4.79 Å². The highest BCUT2D eigenvalue weighted by atomic mass is 16.5. The van der Waals surface area contributed by atoms with Crippen molar-refractivity contribution in [2.75, 3.05) is 13.7 Å². The second kappa shape index (κ2) is 8.47. The summed E-state index contributed by atoms with van der Waals surface area (Å²) in [6, 6.07) is 7.28. The quantitative estimate of drug-likeness (QED) is 0.785. The molecule has 0 aromatic heterocycles. The average Bonchev–Trinajstić information content (AvgIpc) is 2.56. The minimum atomic E-state index is -0.521. The number of ether oxygens (including phenoxy) is 2. The Balaban J connectivity index is 1.75. The Morgan fingerprint density at radius 3 is 2.86 bits per heavy atom. The Kier molecular flexibility index (Phi) is 6.31. The molecule has 2 rings (SSSR count). The van der Waals surface area contributed by atoms with E-state index in [4.69, 9.17) is 9.47 Å². The molecule has 0 saturated carbocycles. The van der Waals surface area contributed by atoms with Gasteiger partial charge in [-0.25, -0.2) is 0 Å². The lowest BCUT2D eigenvalue weighted by molar-refractivity contribution is -0.127. The Hall–Kier alpha value is -1.97. The van der Waals surface area contributed by atoms with Crippen molar-refractivity contribution in [3.8, 4) is 11.5 Å². The van der Waals surface area contributed by atoms with Crippen LogP contribution in [0.3, 0.4) is 0 Å². The van der Waals surface area contributed by atoms with Crippen LogP contribution in [-0.2, 0) is 4.79 Å². The number of rotatable bonds is 7. The molecule has 1 aliphatic rings. The van der Waals surface area contributed by atoms with Crippen molar-refractivity contribution in [1.82, 2.24) is 5.32 Å². The highest BCUT2D eigenvalue weighted by Gasteiger charge is 2.14. The molecule has 0 aliphatic heterocycles. The zero-order valence-electron chi connectivity index (χ0n) is 13.4. The van der Waals surface area contributed by atoms with Crippen LogP contribution in [0.4, 0.5) is 0 Å². The maximum absolute atomic E-state index is 12.1. The molecule has 1 N–H and O–H groups in total. The smallest absolute Gasteiger partial charge is 0.260 e. The van der Waals surface area contributed by atoms with Gasteiger partial charge in [0.2, 0.25) is 0 Å². The van der Waals surface area contributed by atoms with Crippen molar-refractivity contribution in [3.05, 3.63) is 35.9 Å². The molecular formula is C18H25NO3. The number of methoxy groups -OCH3 is 1. The minimum Gasteiger partial charge on any atom is -0.497 e. The molecule has 1 aliphatic carbocycles. The minimum absolute atomic E-state index is 0.0840. The number of hydrogen-bond donors (Lipinski definition) is 1. The van der Waals surface area contributed by atoms with Crippen molar-refractivity contribution in [1.29, 1.82) is 0 Å². The number of benzene rings is 1. The van der Waals surface area contributed by atoms with E-state index in [1.165, 1.54) is 31.3 Å². The predicted octanol–water partition coefficient (Wildman–Crippen LogP) is 3.47. The Labute approximate surface area is 132 Å². The first-order chi connectivity index (χ1) is 10.7. The van der Waals surface area contributed by atoms with Gasteiger partial charge in [-0.1, -0.05) is 17.7 Å². The topological polar surface area (TPSA) is 47.6 Å². The molecule has 0 saturated heterocycles. The number of carbonyl (C=O) groups excluding carboxylic acids is 1. The molecule has 0 unspecified atom stereocenters. The maximum atomic E-state index is 12.1. The molecule has 1 amide bonds. The Morgan fingerprint density at radius 2 is 2.14 bits per heavy atom. The zero-order valence-corrected chi connectivity index (χ0v) is 13.4. The van der Waals surface area contributed by atoms with Gasteiger partial charge >= 0.3 is 0 Å². The van der Waals surface area contributed by atoms with Crippen LogP contribution in [0.15, 0.2) is 35.9 Å². The summed E-state index contributed by atoms with van der Waals surface area (Å²) in [6.07, 6.45) is 7.65. The molecular weight excluding hydrogens is 278 g/mol. The van der Waals surface area contributed by atoms with Crippen LogP contribution in [-0.4, -0.2) is 25.7 Å². The zero-order chi connectivity index (χ0) is 15.8. The van der Waals surface area contributed by atoms with E-state index in [0.29, 0.717) is 18.0 Å². The van der Waals surface area contributed by atoms with E-state index < -0.39 is 6.10 Å². The molecule has 0 fully saturated rings. The summed E-state index contributed by atoms with van der Waals surface area (Å²) in [6.45, 7) is 2.44. The Bertz CT molecular complexity index is 525. The van der Waals surface area contributed by atoms with Gasteiger partial charge in [-0.2, -0.15) is 0 Å². The molecule has 120 valence electrons. The van der Waals surface area contributed by atoms with Gasteiger partial charge in [0.25, 0.3) is 5.91 Å². The summed E-state index contributed by atoms with van der Waals surface area (Å²) >= 11 is 0. The summed E-state index contributed by atoms with van der Waals surface area (Å²) in [5, 5.41) is 2.94. The fraction of sp³-hybridized carbons (Fsp3) is 0.500. The van der Waals surface area contributed by atoms with E-state index in [1.807, 2.05) is 18.2 Å².